The van der Waals surface area contributed by atoms with Crippen molar-refractivity contribution < 1.29 is 18.4 Å². The number of hydrogen-bond donors (Lipinski definition) is 2. The van der Waals surface area contributed by atoms with Crippen LogP contribution < -0.4 is 20.4 Å². The van der Waals surface area contributed by atoms with Gasteiger partial charge in [-0.15, -0.1) is 0 Å². The third-order valence-electron chi connectivity index (χ3n) is 7.68. The van der Waals surface area contributed by atoms with Gasteiger partial charge in [0.15, 0.2) is 0 Å². The molecule has 7 nitrogen and oxygen atoms in total. The fourth-order valence-electron chi connectivity index (χ4n) is 5.22. The van der Waals surface area contributed by atoms with Crippen LogP contribution >= 0.6 is 0 Å². The van der Waals surface area contributed by atoms with E-state index in [4.69, 9.17) is 0 Å². The Morgan fingerprint density at radius 3 is 2.23 bits per heavy atom. The fraction of sp³-hybridized carbons (Fsp3) is 0.333. The van der Waals surface area contributed by atoms with Gasteiger partial charge in [-0.2, -0.15) is 0 Å². The summed E-state index contributed by atoms with van der Waals surface area (Å²) < 4.78 is 29.0. The first-order chi connectivity index (χ1) is 18.7. The van der Waals surface area contributed by atoms with Crippen LogP contribution in [0.3, 0.4) is 0 Å². The third-order valence-corrected chi connectivity index (χ3v) is 7.68. The Hall–Kier alpha value is -3.98. The predicted octanol–water partition coefficient (Wildman–Crippen LogP) is 4.90. The van der Waals surface area contributed by atoms with Gasteiger partial charge in [-0.05, 0) is 94.5 Å². The van der Waals surface area contributed by atoms with E-state index in [-0.39, 0.29) is 30.0 Å². The molecule has 2 aliphatic rings. The van der Waals surface area contributed by atoms with Crippen molar-refractivity contribution >= 4 is 34.6 Å². The van der Waals surface area contributed by atoms with Gasteiger partial charge < -0.3 is 25.3 Å². The second-order valence-corrected chi connectivity index (χ2v) is 10.4. The molecule has 3 aromatic rings. The number of carbonyl (C=O) groups is 2. The molecule has 0 radical (unpaired) electrons. The molecule has 2 heterocycles. The molecule has 9 heteroatoms. The molecule has 2 amide bonds. The largest absolute Gasteiger partial charge is 0.355 e. The molecule has 0 aliphatic carbocycles. The average molecular weight is 534 g/mol. The van der Waals surface area contributed by atoms with Gasteiger partial charge in [-0.3, -0.25) is 9.59 Å². The van der Waals surface area contributed by atoms with Crippen molar-refractivity contribution in [2.45, 2.75) is 38.4 Å². The van der Waals surface area contributed by atoms with E-state index in [0.717, 1.165) is 37.3 Å². The van der Waals surface area contributed by atoms with E-state index in [1.165, 1.54) is 18.2 Å². The van der Waals surface area contributed by atoms with Gasteiger partial charge >= 0.3 is 0 Å². The quantitative estimate of drug-likeness (QED) is 0.472. The van der Waals surface area contributed by atoms with Crippen LogP contribution in [0.4, 0.5) is 31.5 Å². The molecule has 2 N–H and O–H groups in total. The van der Waals surface area contributed by atoms with Crippen LogP contribution in [-0.4, -0.2) is 56.0 Å². The maximum Gasteiger partial charge on any atom is 0.251 e. The number of benzene rings is 3. The van der Waals surface area contributed by atoms with Gasteiger partial charge in [0.1, 0.15) is 17.7 Å². The minimum absolute atomic E-state index is 0.0809. The highest BCUT2D eigenvalue weighted by molar-refractivity contribution is 6.05. The first-order valence-corrected chi connectivity index (χ1v) is 13.2. The van der Waals surface area contributed by atoms with Crippen LogP contribution in [0.5, 0.6) is 0 Å². The Balaban J connectivity index is 1.34. The van der Waals surface area contributed by atoms with E-state index in [1.807, 2.05) is 30.3 Å². The summed E-state index contributed by atoms with van der Waals surface area (Å²) >= 11 is 0. The highest BCUT2D eigenvalue weighted by Crippen LogP contribution is 2.39. The number of halogens is 2. The second-order valence-electron chi connectivity index (χ2n) is 10.4. The Labute approximate surface area is 227 Å². The molecular formula is C30H33F2N5O2. The summed E-state index contributed by atoms with van der Waals surface area (Å²) in [7, 11) is 3.78. The van der Waals surface area contributed by atoms with Crippen LogP contribution in [0.15, 0.2) is 60.7 Å². The number of nitrogens with zero attached hydrogens (tertiary/aromatic N) is 3. The number of carbonyl (C=O) groups excluding carboxylic acids is 2. The summed E-state index contributed by atoms with van der Waals surface area (Å²) in [5, 5.41) is 6.47. The van der Waals surface area contributed by atoms with Crippen molar-refractivity contribution in [1.29, 1.82) is 0 Å². The predicted molar refractivity (Wildman–Crippen MR) is 150 cm³/mol. The highest BCUT2D eigenvalue weighted by atomic mass is 19.1. The van der Waals surface area contributed by atoms with E-state index < -0.39 is 17.7 Å². The van der Waals surface area contributed by atoms with Crippen molar-refractivity contribution in [2.75, 3.05) is 42.3 Å². The number of amides is 2. The lowest BCUT2D eigenvalue weighted by Crippen LogP contribution is -2.50. The molecule has 0 bridgehead atoms. The smallest absolute Gasteiger partial charge is 0.251 e. The molecule has 204 valence electrons. The van der Waals surface area contributed by atoms with Gasteiger partial charge in [0.2, 0.25) is 5.91 Å². The number of nitrogens with one attached hydrogen (secondary N) is 2. The molecule has 0 saturated carbocycles. The van der Waals surface area contributed by atoms with Gasteiger partial charge in [0.05, 0.1) is 11.4 Å². The SMILES string of the molecule is CC1C(=O)N(C)c2ccc(Nc3ccc(C(=O)NC4CCN(C)CC4)cc3)cc2N1Cc1c(F)cccc1F. The average Bonchev–Trinajstić information content (AvgIpc) is 2.93. The molecule has 0 aromatic heterocycles. The summed E-state index contributed by atoms with van der Waals surface area (Å²) in [4.78, 5) is 31.2. The van der Waals surface area contributed by atoms with Crippen molar-refractivity contribution in [1.82, 2.24) is 10.2 Å². The lowest BCUT2D eigenvalue weighted by Gasteiger charge is -2.40. The summed E-state index contributed by atoms with van der Waals surface area (Å²) in [6.07, 6.45) is 1.89. The van der Waals surface area contributed by atoms with Gasteiger partial charge in [-0.1, -0.05) is 6.07 Å². The van der Waals surface area contributed by atoms with Crippen LogP contribution in [0.25, 0.3) is 0 Å². The summed E-state index contributed by atoms with van der Waals surface area (Å²) in [6, 6.07) is 16.1. The Morgan fingerprint density at radius 1 is 0.923 bits per heavy atom. The lowest BCUT2D eigenvalue weighted by atomic mass is 10.0. The molecule has 0 spiro atoms. The monoisotopic (exact) mass is 533 g/mol. The molecular weight excluding hydrogens is 500 g/mol. The molecule has 1 unspecified atom stereocenters. The number of rotatable bonds is 6. The van der Waals surface area contributed by atoms with E-state index in [0.29, 0.717) is 16.9 Å². The minimum Gasteiger partial charge on any atom is -0.355 e. The maximum absolute atomic E-state index is 14.5. The summed E-state index contributed by atoms with van der Waals surface area (Å²) in [5.41, 5.74) is 3.38. The standard InChI is InChI=1S/C30H33F2N5O2/c1-19-30(39)36(3)27-12-11-23(17-28(27)37(19)18-24-25(31)5-4-6-26(24)32)33-21-9-7-20(8-10-21)29(38)34-22-13-15-35(2)16-14-22/h4-12,17,19,22,33H,13-16,18H2,1-3H3,(H,34,38). The zero-order valence-electron chi connectivity index (χ0n) is 22.4. The van der Waals surface area contributed by atoms with Crippen molar-refractivity contribution in [2.24, 2.45) is 0 Å². The highest BCUT2D eigenvalue weighted by Gasteiger charge is 2.34. The van der Waals surface area contributed by atoms with Gasteiger partial charge in [0, 0.05) is 42.1 Å². The van der Waals surface area contributed by atoms with E-state index in [2.05, 4.69) is 22.6 Å². The zero-order chi connectivity index (χ0) is 27.7. The van der Waals surface area contributed by atoms with Crippen molar-refractivity contribution in [3.63, 3.8) is 0 Å². The molecule has 1 atom stereocenters. The lowest BCUT2D eigenvalue weighted by molar-refractivity contribution is -0.119. The van der Waals surface area contributed by atoms with Crippen LogP contribution in [-0.2, 0) is 11.3 Å². The zero-order valence-corrected chi connectivity index (χ0v) is 22.4. The molecule has 1 saturated heterocycles. The maximum atomic E-state index is 14.5. The van der Waals surface area contributed by atoms with Crippen LogP contribution in [0.1, 0.15) is 35.7 Å². The molecule has 1 fully saturated rings. The number of fused-ring (bicyclic) bond motifs is 1. The van der Waals surface area contributed by atoms with Gasteiger partial charge in [-0.25, -0.2) is 8.78 Å². The second kappa shape index (κ2) is 11.0. The number of hydrogen-bond acceptors (Lipinski definition) is 5. The van der Waals surface area contributed by atoms with Crippen molar-refractivity contribution in [3.05, 3.63) is 83.4 Å². The first-order valence-electron chi connectivity index (χ1n) is 13.2. The number of anilines is 4. The Kier molecular flexibility index (Phi) is 7.52. The molecule has 3 aromatic carbocycles. The first kappa shape index (κ1) is 26.6. The summed E-state index contributed by atoms with van der Waals surface area (Å²) in [5.74, 6) is -1.54. The molecule has 2 aliphatic heterocycles. The number of likely N-dealkylation sites (N-methyl/N-ethyl adjacent to an activating group) is 1. The van der Waals surface area contributed by atoms with Crippen LogP contribution in [0, 0.1) is 11.6 Å². The number of likely N-dealkylation sites (tertiary alicyclic amines) is 1. The van der Waals surface area contributed by atoms with E-state index in [9.17, 15) is 18.4 Å². The van der Waals surface area contributed by atoms with Crippen LogP contribution in [0.2, 0.25) is 0 Å². The van der Waals surface area contributed by atoms with E-state index in [1.54, 1.807) is 35.9 Å². The molecule has 39 heavy (non-hydrogen) atoms. The minimum atomic E-state index is -0.649. The number of piperidine rings is 1. The Morgan fingerprint density at radius 2 is 1.56 bits per heavy atom. The fourth-order valence-corrected chi connectivity index (χ4v) is 5.22. The Bertz CT molecular complexity index is 1350. The normalized spacial score (nSPS) is 18.2. The van der Waals surface area contributed by atoms with Crippen molar-refractivity contribution in [3.8, 4) is 0 Å². The third kappa shape index (κ3) is 5.59. The molecule has 5 rings (SSSR count). The topological polar surface area (TPSA) is 67.9 Å². The van der Waals surface area contributed by atoms with Gasteiger partial charge in [0.25, 0.3) is 5.91 Å². The summed E-state index contributed by atoms with van der Waals surface area (Å²) in [6.45, 7) is 3.60. The van der Waals surface area contributed by atoms with E-state index >= 15 is 0 Å².